The molecule has 0 aromatic carbocycles. The van der Waals surface area contributed by atoms with Crippen LogP contribution in [0.1, 0.15) is 0 Å². The van der Waals surface area contributed by atoms with E-state index in [9.17, 15) is 3.09 Å². The standard InChI is InChI=1S/C8H19N4.2CH3.2ClH.FH.Ti/c1-2-10-5-6-12-8-7-11-4-3-9-1;;;;;;/h9-11H,1-8H2;2*1H3;3*1H;/q-1;;;;;;+2/p-1. The van der Waals surface area contributed by atoms with Crippen LogP contribution in [0.3, 0.4) is 0 Å². The zero-order valence-corrected chi connectivity index (χ0v) is 14.5. The van der Waals surface area contributed by atoms with E-state index < -0.39 is 17.4 Å². The first-order valence-corrected chi connectivity index (χ1v) is 10.6. The van der Waals surface area contributed by atoms with Crippen molar-refractivity contribution in [3.63, 3.8) is 0 Å². The molecule has 1 rings (SSSR count). The topological polar surface area (TPSA) is 39.3 Å². The second kappa shape index (κ2) is 11.9. The molecule has 0 saturated carbocycles. The summed E-state index contributed by atoms with van der Waals surface area (Å²) in [5.41, 5.74) is 0. The molecule has 0 aliphatic carbocycles. The second-order valence-corrected chi connectivity index (χ2v) is 10.0. The summed E-state index contributed by atoms with van der Waals surface area (Å²) in [5, 5.41) is 13.7. The first-order valence-electron chi connectivity index (χ1n) is 6.17. The van der Waals surface area contributed by atoms with Gasteiger partial charge < -0.3 is 0 Å². The van der Waals surface area contributed by atoms with Crippen LogP contribution in [-0.4, -0.2) is 55.7 Å². The van der Waals surface area contributed by atoms with Crippen LogP contribution in [0.4, 0.5) is 3.09 Å². The number of hydrogen-bond donors (Lipinski definition) is 3. The fraction of sp³-hybridized carbons (Fsp3) is 1.00. The van der Waals surface area contributed by atoms with Gasteiger partial charge in [0.15, 0.2) is 0 Å². The summed E-state index contributed by atoms with van der Waals surface area (Å²) >= 11 is -3.13. The van der Waals surface area contributed by atoms with Crippen LogP contribution in [0.25, 0.3) is 0 Å². The molecule has 0 unspecified atom stereocenters. The van der Waals surface area contributed by atoms with Crippen LogP contribution in [-0.2, 0) is 17.4 Å². The van der Waals surface area contributed by atoms with E-state index in [1.165, 1.54) is 0 Å². The third kappa shape index (κ3) is 9.92. The Labute approximate surface area is 127 Å². The summed E-state index contributed by atoms with van der Waals surface area (Å²) < 4.78 is 16.1. The van der Waals surface area contributed by atoms with Crippen molar-refractivity contribution in [1.29, 1.82) is 0 Å². The molecule has 0 bridgehead atoms. The molecular weight excluding hydrogens is 314 g/mol. The Bertz CT molecular complexity index is 183. The van der Waals surface area contributed by atoms with Crippen molar-refractivity contribution < 1.29 is 20.5 Å². The Morgan fingerprint density at radius 3 is 1.44 bits per heavy atom. The van der Waals surface area contributed by atoms with Gasteiger partial charge in [0.05, 0.1) is 0 Å². The molecule has 1 heterocycles. The van der Waals surface area contributed by atoms with Gasteiger partial charge in [-0.1, -0.05) is 0 Å². The van der Waals surface area contributed by atoms with Crippen LogP contribution in [0.2, 0.25) is 10.5 Å². The molecule has 0 aromatic rings. The third-order valence-corrected chi connectivity index (χ3v) is 5.87. The molecule has 1 aliphatic rings. The average molecular weight is 341 g/mol. The van der Waals surface area contributed by atoms with Gasteiger partial charge in [-0.25, -0.2) is 0 Å². The Balaban J connectivity index is 0. The summed E-state index contributed by atoms with van der Waals surface area (Å²) in [6, 6.07) is 0. The van der Waals surface area contributed by atoms with Crippen molar-refractivity contribution in [2.24, 2.45) is 0 Å². The zero-order valence-electron chi connectivity index (χ0n) is 11.3. The minimum atomic E-state index is -3.13. The Kier molecular flexibility index (Phi) is 14.1. The molecule has 1 aliphatic heterocycles. The Morgan fingerprint density at radius 1 is 0.778 bits per heavy atom. The van der Waals surface area contributed by atoms with Gasteiger partial charge in [-0.15, -0.1) is 24.8 Å². The number of nitrogens with zero attached hydrogens (tertiary/aromatic N) is 1. The van der Waals surface area contributed by atoms with Gasteiger partial charge in [-0.05, 0) is 0 Å². The summed E-state index contributed by atoms with van der Waals surface area (Å²) in [6.45, 7) is 7.36. The van der Waals surface area contributed by atoms with E-state index in [2.05, 4.69) is 19.3 Å². The van der Waals surface area contributed by atoms with Crippen LogP contribution in [0.15, 0.2) is 0 Å². The van der Waals surface area contributed by atoms with E-state index in [-0.39, 0.29) is 24.8 Å². The molecule has 0 atom stereocenters. The Morgan fingerprint density at radius 2 is 1.11 bits per heavy atom. The summed E-state index contributed by atoms with van der Waals surface area (Å²) in [6.07, 6.45) is 0. The van der Waals surface area contributed by atoms with E-state index in [0.717, 1.165) is 52.4 Å². The molecule has 112 valence electrons. The van der Waals surface area contributed by atoms with E-state index in [1.807, 2.05) is 10.5 Å². The third-order valence-electron chi connectivity index (χ3n) is 2.83. The molecule has 1 saturated heterocycles. The normalized spacial score (nSPS) is 20.8. The monoisotopic (exact) mass is 340 g/mol. The van der Waals surface area contributed by atoms with E-state index in [0.29, 0.717) is 0 Å². The van der Waals surface area contributed by atoms with Crippen LogP contribution in [0, 0.1) is 0 Å². The molecule has 8 heteroatoms. The molecule has 0 aromatic heterocycles. The van der Waals surface area contributed by atoms with Crippen LogP contribution >= 0.6 is 24.8 Å². The van der Waals surface area contributed by atoms with Gasteiger partial charge in [0.2, 0.25) is 0 Å². The summed E-state index contributed by atoms with van der Waals surface area (Å²) in [5.74, 6) is 0. The second-order valence-electron chi connectivity index (χ2n) is 4.65. The van der Waals surface area contributed by atoms with E-state index >= 15 is 0 Å². The molecular formula is C10H27Cl2FN4Ti. The van der Waals surface area contributed by atoms with Gasteiger partial charge in [0.1, 0.15) is 0 Å². The van der Waals surface area contributed by atoms with Gasteiger partial charge >= 0.3 is 103 Å². The van der Waals surface area contributed by atoms with Crippen molar-refractivity contribution in [2.75, 3.05) is 52.4 Å². The van der Waals surface area contributed by atoms with Gasteiger partial charge in [0.25, 0.3) is 0 Å². The maximum absolute atomic E-state index is 14.0. The van der Waals surface area contributed by atoms with E-state index in [4.69, 9.17) is 0 Å². The predicted molar refractivity (Wildman–Crippen MR) is 77.5 cm³/mol. The molecule has 4 nitrogen and oxygen atoms in total. The molecule has 0 spiro atoms. The fourth-order valence-electron chi connectivity index (χ4n) is 1.80. The number of halogens is 3. The SMILES string of the molecule is Cl.Cl.[CH3][Ti]([CH3])([F])[N]1CCNCCNCCNCC1. The maximum atomic E-state index is 14.0. The predicted octanol–water partition coefficient (Wildman–Crippen LogP) is 0.964. The van der Waals surface area contributed by atoms with Crippen molar-refractivity contribution in [2.45, 2.75) is 10.5 Å². The van der Waals surface area contributed by atoms with Gasteiger partial charge in [-0.3, -0.25) is 0 Å². The zero-order chi connectivity index (χ0) is 11.9. The number of hydrogen-bond acceptors (Lipinski definition) is 4. The number of rotatable bonds is 1. The fourth-order valence-corrected chi connectivity index (χ4v) is 3.81. The van der Waals surface area contributed by atoms with Gasteiger partial charge in [0, 0.05) is 0 Å². The molecule has 1 fully saturated rings. The van der Waals surface area contributed by atoms with Crippen LogP contribution < -0.4 is 16.0 Å². The first kappa shape index (κ1) is 21.4. The molecule has 0 amide bonds. The summed E-state index contributed by atoms with van der Waals surface area (Å²) in [7, 11) is 0. The van der Waals surface area contributed by atoms with Crippen molar-refractivity contribution >= 4 is 24.8 Å². The average Bonchev–Trinajstić information content (AvgIpc) is 2.16. The Hall–Kier alpha value is 1.06. The summed E-state index contributed by atoms with van der Waals surface area (Å²) in [4.78, 5) is 0. The molecule has 3 N–H and O–H groups in total. The molecule has 0 radical (unpaired) electrons. The van der Waals surface area contributed by atoms with Crippen molar-refractivity contribution in [3.8, 4) is 0 Å². The number of nitrogens with one attached hydrogen (secondary N) is 3. The van der Waals surface area contributed by atoms with Crippen molar-refractivity contribution in [3.05, 3.63) is 0 Å². The van der Waals surface area contributed by atoms with Gasteiger partial charge in [-0.2, -0.15) is 0 Å². The van der Waals surface area contributed by atoms with Crippen LogP contribution in [0.5, 0.6) is 0 Å². The van der Waals surface area contributed by atoms with E-state index in [1.54, 1.807) is 0 Å². The minimum absolute atomic E-state index is 0. The first-order chi connectivity index (χ1) is 7.61. The molecule has 18 heavy (non-hydrogen) atoms. The van der Waals surface area contributed by atoms with Crippen molar-refractivity contribution in [1.82, 2.24) is 19.3 Å². The quantitative estimate of drug-likeness (QED) is 0.622.